The van der Waals surface area contributed by atoms with Gasteiger partial charge in [-0.2, -0.15) is 0 Å². The fourth-order valence-electron chi connectivity index (χ4n) is 2.64. The van der Waals surface area contributed by atoms with Gasteiger partial charge in [-0.15, -0.1) is 0 Å². The molecule has 0 aromatic heterocycles. The molecular weight excluding hydrogens is 298 g/mol. The zero-order valence-corrected chi connectivity index (χ0v) is 15.3. The third kappa shape index (κ3) is 5.85. The van der Waals surface area contributed by atoms with Gasteiger partial charge in [0.05, 0.1) is 18.6 Å². The highest BCUT2D eigenvalue weighted by Gasteiger charge is 2.12. The monoisotopic (exact) mass is 328 g/mol. The van der Waals surface area contributed by atoms with Crippen LogP contribution in [0.15, 0.2) is 42.5 Å². The lowest BCUT2D eigenvalue weighted by Crippen LogP contribution is -2.94. The van der Waals surface area contributed by atoms with Gasteiger partial charge in [-0.1, -0.05) is 30.3 Å². The molecule has 130 valence electrons. The lowest BCUT2D eigenvalue weighted by atomic mass is 10.1. The van der Waals surface area contributed by atoms with Crippen LogP contribution in [0, 0.1) is 0 Å². The molecule has 0 unspecified atom stereocenters. The number of rotatable bonds is 7. The topological polar surface area (TPSA) is 49.0 Å². The van der Waals surface area contributed by atoms with Crippen molar-refractivity contribution >= 4 is 22.4 Å². The first-order chi connectivity index (χ1) is 11.3. The molecule has 0 spiro atoms. The Bertz CT molecular complexity index is 676. The standard InChI is InChI=1S/C20H29N3O/c1-20(2,3)22-13-7-12-21-19(24)15-23(4)18-11-10-16-8-5-6-9-17(16)14-18/h5-6,8-11,14,22H,7,12-13,15H2,1-4H3,(H,21,24)/p+1. The lowest BCUT2D eigenvalue weighted by molar-refractivity contribution is -0.717. The van der Waals surface area contributed by atoms with Crippen molar-refractivity contribution < 1.29 is 10.1 Å². The molecule has 0 saturated heterocycles. The summed E-state index contributed by atoms with van der Waals surface area (Å²) in [5.74, 6) is 0.0708. The second-order valence-electron chi connectivity index (χ2n) is 7.45. The molecule has 1 amide bonds. The highest BCUT2D eigenvalue weighted by atomic mass is 16.2. The zero-order valence-electron chi connectivity index (χ0n) is 15.3. The molecule has 0 fully saturated rings. The molecule has 4 heteroatoms. The van der Waals surface area contributed by atoms with Crippen LogP contribution in [-0.4, -0.2) is 38.1 Å². The number of amides is 1. The highest BCUT2D eigenvalue weighted by Crippen LogP contribution is 2.20. The second-order valence-corrected chi connectivity index (χ2v) is 7.45. The van der Waals surface area contributed by atoms with E-state index in [9.17, 15) is 4.79 Å². The maximum atomic E-state index is 12.1. The maximum Gasteiger partial charge on any atom is 0.239 e. The van der Waals surface area contributed by atoms with E-state index in [0.29, 0.717) is 6.54 Å². The number of hydrogen-bond donors (Lipinski definition) is 2. The molecule has 4 nitrogen and oxygen atoms in total. The minimum absolute atomic E-state index is 0.0708. The van der Waals surface area contributed by atoms with Crippen molar-refractivity contribution in [3.05, 3.63) is 42.5 Å². The van der Waals surface area contributed by atoms with Crippen LogP contribution in [0.3, 0.4) is 0 Å². The molecule has 0 radical (unpaired) electrons. The summed E-state index contributed by atoms with van der Waals surface area (Å²) in [5, 5.41) is 7.72. The van der Waals surface area contributed by atoms with Gasteiger partial charge in [0.15, 0.2) is 0 Å². The van der Waals surface area contributed by atoms with Gasteiger partial charge >= 0.3 is 0 Å². The summed E-state index contributed by atoms with van der Waals surface area (Å²) in [6.45, 7) is 8.74. The van der Waals surface area contributed by atoms with Gasteiger partial charge in [-0.25, -0.2) is 0 Å². The van der Waals surface area contributed by atoms with Gasteiger partial charge in [0, 0.05) is 25.7 Å². The highest BCUT2D eigenvalue weighted by molar-refractivity contribution is 5.87. The molecule has 2 aromatic rings. The summed E-state index contributed by atoms with van der Waals surface area (Å²) < 4.78 is 0. The average Bonchev–Trinajstić information content (AvgIpc) is 2.53. The van der Waals surface area contributed by atoms with Gasteiger partial charge in [0.25, 0.3) is 0 Å². The summed E-state index contributed by atoms with van der Waals surface area (Å²) in [7, 11) is 1.96. The van der Waals surface area contributed by atoms with Crippen molar-refractivity contribution in [2.45, 2.75) is 32.7 Å². The molecular formula is C20H30N3O+. The molecule has 2 aromatic carbocycles. The van der Waals surface area contributed by atoms with Crippen LogP contribution >= 0.6 is 0 Å². The lowest BCUT2D eigenvalue weighted by Gasteiger charge is -2.20. The minimum Gasteiger partial charge on any atom is -0.365 e. The van der Waals surface area contributed by atoms with Crippen molar-refractivity contribution in [3.63, 3.8) is 0 Å². The summed E-state index contributed by atoms with van der Waals surface area (Å²) >= 11 is 0. The van der Waals surface area contributed by atoms with Crippen LogP contribution < -0.4 is 15.5 Å². The predicted octanol–water partition coefficient (Wildman–Crippen LogP) is 2.14. The number of anilines is 1. The average molecular weight is 328 g/mol. The molecule has 2 rings (SSSR count). The number of benzene rings is 2. The fourth-order valence-corrected chi connectivity index (χ4v) is 2.64. The first-order valence-electron chi connectivity index (χ1n) is 8.66. The number of fused-ring (bicyclic) bond motifs is 1. The normalized spacial score (nSPS) is 11.5. The molecule has 3 N–H and O–H groups in total. The Morgan fingerprint density at radius 2 is 1.83 bits per heavy atom. The number of nitrogens with zero attached hydrogens (tertiary/aromatic N) is 1. The van der Waals surface area contributed by atoms with Gasteiger partial charge < -0.3 is 15.5 Å². The van der Waals surface area contributed by atoms with E-state index in [1.807, 2.05) is 24.1 Å². The van der Waals surface area contributed by atoms with Crippen LogP contribution in [0.2, 0.25) is 0 Å². The van der Waals surface area contributed by atoms with Gasteiger partial charge in [0.1, 0.15) is 0 Å². The summed E-state index contributed by atoms with van der Waals surface area (Å²) in [4.78, 5) is 14.1. The molecule has 0 bridgehead atoms. The van der Waals surface area contributed by atoms with Crippen molar-refractivity contribution in [1.29, 1.82) is 0 Å². The zero-order chi connectivity index (χ0) is 17.6. The van der Waals surface area contributed by atoms with Crippen LogP contribution in [-0.2, 0) is 4.79 Å². The third-order valence-corrected chi connectivity index (χ3v) is 4.01. The Hall–Kier alpha value is -2.07. The van der Waals surface area contributed by atoms with Crippen LogP contribution in [0.5, 0.6) is 0 Å². The molecule has 0 aliphatic carbocycles. The van der Waals surface area contributed by atoms with Crippen LogP contribution in [0.1, 0.15) is 27.2 Å². The van der Waals surface area contributed by atoms with Gasteiger partial charge in [0.2, 0.25) is 5.91 Å². The molecule has 24 heavy (non-hydrogen) atoms. The third-order valence-electron chi connectivity index (χ3n) is 4.01. The maximum absolute atomic E-state index is 12.1. The molecule has 0 atom stereocenters. The quantitative estimate of drug-likeness (QED) is 0.765. The number of carbonyl (C=O) groups is 1. The van der Waals surface area contributed by atoms with E-state index >= 15 is 0 Å². The largest absolute Gasteiger partial charge is 0.365 e. The number of carbonyl (C=O) groups excluding carboxylic acids is 1. The van der Waals surface area contributed by atoms with E-state index in [1.54, 1.807) is 0 Å². The molecule has 0 heterocycles. The Morgan fingerprint density at radius 1 is 1.12 bits per heavy atom. The number of likely N-dealkylation sites (N-methyl/N-ethyl adjacent to an activating group) is 1. The van der Waals surface area contributed by atoms with E-state index in [0.717, 1.165) is 25.2 Å². The van der Waals surface area contributed by atoms with Crippen LogP contribution in [0.25, 0.3) is 10.8 Å². The van der Waals surface area contributed by atoms with Crippen molar-refractivity contribution in [1.82, 2.24) is 5.32 Å². The van der Waals surface area contributed by atoms with E-state index in [1.165, 1.54) is 10.8 Å². The molecule has 0 aliphatic rings. The Balaban J connectivity index is 1.78. The van der Waals surface area contributed by atoms with E-state index in [4.69, 9.17) is 0 Å². The first kappa shape index (κ1) is 18.3. The van der Waals surface area contributed by atoms with Crippen LogP contribution in [0.4, 0.5) is 5.69 Å². The van der Waals surface area contributed by atoms with Crippen molar-refractivity contribution in [2.75, 3.05) is 31.6 Å². The van der Waals surface area contributed by atoms with E-state index in [-0.39, 0.29) is 11.4 Å². The summed E-state index contributed by atoms with van der Waals surface area (Å²) in [5.41, 5.74) is 1.31. The van der Waals surface area contributed by atoms with Crippen molar-refractivity contribution in [2.24, 2.45) is 0 Å². The first-order valence-corrected chi connectivity index (χ1v) is 8.66. The smallest absolute Gasteiger partial charge is 0.239 e. The van der Waals surface area contributed by atoms with E-state index in [2.05, 4.69) is 61.7 Å². The second kappa shape index (κ2) is 8.15. The fraction of sp³-hybridized carbons (Fsp3) is 0.450. The summed E-state index contributed by atoms with van der Waals surface area (Å²) in [6, 6.07) is 14.6. The number of nitrogens with one attached hydrogen (secondary N) is 1. The Labute approximate surface area is 145 Å². The molecule has 0 saturated carbocycles. The number of quaternary nitrogens is 1. The molecule has 0 aliphatic heterocycles. The van der Waals surface area contributed by atoms with Crippen molar-refractivity contribution in [3.8, 4) is 0 Å². The Kier molecular flexibility index (Phi) is 6.21. The van der Waals surface area contributed by atoms with Gasteiger partial charge in [-0.3, -0.25) is 4.79 Å². The predicted molar refractivity (Wildman–Crippen MR) is 101 cm³/mol. The minimum atomic E-state index is 0.0708. The summed E-state index contributed by atoms with van der Waals surface area (Å²) in [6.07, 6.45) is 0.989. The number of hydrogen-bond acceptors (Lipinski definition) is 2. The van der Waals surface area contributed by atoms with Gasteiger partial charge in [-0.05, 0) is 43.7 Å². The Morgan fingerprint density at radius 3 is 2.54 bits per heavy atom. The SMILES string of the molecule is CN(CC(=O)NCCC[NH2+]C(C)(C)C)c1ccc2ccccc2c1. The number of nitrogens with two attached hydrogens (primary N) is 1. The van der Waals surface area contributed by atoms with E-state index < -0.39 is 0 Å².